The Morgan fingerprint density at radius 3 is 0.816 bits per heavy atom. The highest BCUT2D eigenvalue weighted by Crippen LogP contribution is 2.23. The minimum atomic E-state index is -1.95. The van der Waals surface area contributed by atoms with E-state index in [1.54, 1.807) is 70.1 Å². The van der Waals surface area contributed by atoms with E-state index < -0.39 is 78.9 Å². The van der Waals surface area contributed by atoms with Gasteiger partial charge in [-0.05, 0) is 45.8 Å². The maximum Gasteiger partial charge on any atom is 0.375 e. The third kappa shape index (κ3) is 11.8. The van der Waals surface area contributed by atoms with E-state index in [9.17, 15) is 38.4 Å². The first kappa shape index (κ1) is 37.2. The average molecular weight is 745 g/mol. The first-order valence-corrected chi connectivity index (χ1v) is 17.9. The maximum absolute atomic E-state index is 12.7. The van der Waals surface area contributed by atoms with Crippen LogP contribution < -0.4 is 0 Å². The molecule has 0 aliphatic heterocycles. The van der Waals surface area contributed by atoms with Gasteiger partial charge in [0.15, 0.2) is 0 Å². The Morgan fingerprint density at radius 2 is 0.633 bits per heavy atom. The van der Waals surface area contributed by atoms with Gasteiger partial charge in [-0.3, -0.25) is 19.2 Å². The molecular formula is C33H28O12S4. The quantitative estimate of drug-likeness (QED) is 0.0732. The molecule has 4 aromatic rings. The molecule has 0 spiro atoms. The highest BCUT2D eigenvalue weighted by atomic mass is 32.1. The summed E-state index contributed by atoms with van der Waals surface area (Å²) in [6.45, 7) is -3.36. The fourth-order valence-corrected chi connectivity index (χ4v) is 6.83. The molecule has 0 N–H and O–H groups in total. The Morgan fingerprint density at radius 1 is 0.408 bits per heavy atom. The number of hydrogen-bond acceptors (Lipinski definition) is 16. The van der Waals surface area contributed by atoms with Gasteiger partial charge in [0, 0.05) is 19.5 Å². The lowest BCUT2D eigenvalue weighted by molar-refractivity contribution is -0.176. The minimum absolute atomic E-state index is 0.270. The van der Waals surface area contributed by atoms with E-state index >= 15 is 0 Å². The van der Waals surface area contributed by atoms with Crippen LogP contribution >= 0.6 is 45.3 Å². The lowest BCUT2D eigenvalue weighted by Crippen LogP contribution is -2.46. The van der Waals surface area contributed by atoms with E-state index in [4.69, 9.17) is 18.9 Å². The molecule has 4 heterocycles. The highest BCUT2D eigenvalue weighted by Gasteiger charge is 2.40. The molecule has 0 saturated heterocycles. The predicted octanol–water partition coefficient (Wildman–Crippen LogP) is 3.64. The van der Waals surface area contributed by atoms with Gasteiger partial charge in [-0.25, -0.2) is 19.2 Å². The molecular weight excluding hydrogens is 717 g/mol. The fraction of sp³-hybridized carbons (Fsp3) is 0.273. The summed E-state index contributed by atoms with van der Waals surface area (Å²) in [5, 5.41) is 6.87. The predicted molar refractivity (Wildman–Crippen MR) is 178 cm³/mol. The maximum atomic E-state index is 12.7. The van der Waals surface area contributed by atoms with Gasteiger partial charge in [-0.1, -0.05) is 24.3 Å². The molecule has 0 aliphatic carbocycles. The van der Waals surface area contributed by atoms with Crippen molar-refractivity contribution in [3.63, 3.8) is 0 Å². The Labute approximate surface area is 295 Å². The van der Waals surface area contributed by atoms with Gasteiger partial charge in [0.1, 0.15) is 31.8 Å². The van der Waals surface area contributed by atoms with E-state index in [1.165, 1.54) is 45.3 Å². The first-order chi connectivity index (χ1) is 23.5. The van der Waals surface area contributed by atoms with Crippen LogP contribution in [0.5, 0.6) is 0 Å². The summed E-state index contributed by atoms with van der Waals surface area (Å²) in [6.07, 6.45) is -1.08. The molecule has 0 amide bonds. The molecule has 4 aromatic heterocycles. The van der Waals surface area contributed by atoms with Crippen molar-refractivity contribution < 1.29 is 57.3 Å². The van der Waals surface area contributed by atoms with Crippen molar-refractivity contribution in [2.45, 2.75) is 25.7 Å². The molecule has 256 valence electrons. The minimum Gasteiger partial charge on any atom is -0.459 e. The summed E-state index contributed by atoms with van der Waals surface area (Å²) in [5.41, 5.74) is -1.95. The van der Waals surface area contributed by atoms with Crippen LogP contribution in [0.2, 0.25) is 0 Å². The fourth-order valence-electron chi connectivity index (χ4n) is 4.02. The SMILES string of the molecule is O=C(Cc1cccs1)C(=O)OCC(COC(=O)C(=O)Cc1cccs1)(COC(=O)C(=O)Cc1cccs1)COC(=O)C(=O)Cc1cccs1. The van der Waals surface area contributed by atoms with Gasteiger partial charge < -0.3 is 18.9 Å². The highest BCUT2D eigenvalue weighted by molar-refractivity contribution is 7.10. The number of ether oxygens (including phenoxy) is 4. The lowest BCUT2D eigenvalue weighted by Gasteiger charge is -2.31. The molecule has 49 heavy (non-hydrogen) atoms. The molecule has 4 rings (SSSR count). The standard InChI is InChI=1S/C33H28O12S4/c34-25(13-21-5-1-9-46-21)29(38)42-17-33(18-43-30(39)26(35)14-22-6-2-10-47-22,19-44-31(40)27(36)15-23-7-3-11-48-23)20-45-32(41)28(37)16-24-8-4-12-49-24/h1-12H,13-20H2. The number of thiophene rings is 4. The van der Waals surface area contributed by atoms with E-state index in [-0.39, 0.29) is 25.7 Å². The zero-order valence-electron chi connectivity index (χ0n) is 25.6. The largest absolute Gasteiger partial charge is 0.459 e. The average Bonchev–Trinajstić information content (AvgIpc) is 3.93. The van der Waals surface area contributed by atoms with Gasteiger partial charge in [-0.15, -0.1) is 45.3 Å². The van der Waals surface area contributed by atoms with Crippen molar-refractivity contribution in [3.8, 4) is 0 Å². The van der Waals surface area contributed by atoms with Crippen LogP contribution in [0, 0.1) is 5.41 Å². The number of ketones is 4. The van der Waals surface area contributed by atoms with Gasteiger partial charge in [0.2, 0.25) is 23.1 Å². The second-order valence-electron chi connectivity index (χ2n) is 10.5. The van der Waals surface area contributed by atoms with Crippen molar-refractivity contribution in [1.82, 2.24) is 0 Å². The lowest BCUT2D eigenvalue weighted by atomic mass is 9.92. The molecule has 16 heteroatoms. The van der Waals surface area contributed by atoms with Crippen LogP contribution in [0.25, 0.3) is 0 Å². The van der Waals surface area contributed by atoms with E-state index in [1.807, 2.05) is 0 Å². The number of hydrogen-bond donors (Lipinski definition) is 0. The van der Waals surface area contributed by atoms with Gasteiger partial charge >= 0.3 is 23.9 Å². The van der Waals surface area contributed by atoms with Crippen LogP contribution in [0.15, 0.2) is 70.1 Å². The number of rotatable bonds is 20. The Bertz CT molecular complexity index is 1490. The van der Waals surface area contributed by atoms with Gasteiger partial charge in [0.05, 0.1) is 25.7 Å². The van der Waals surface area contributed by atoms with Crippen LogP contribution in [0.1, 0.15) is 19.5 Å². The topological polar surface area (TPSA) is 173 Å². The van der Waals surface area contributed by atoms with Crippen LogP contribution in [0.4, 0.5) is 0 Å². The molecule has 0 saturated carbocycles. The van der Waals surface area contributed by atoms with Crippen LogP contribution in [-0.4, -0.2) is 73.4 Å². The number of carbonyl (C=O) groups is 8. The zero-order chi connectivity index (χ0) is 35.2. The van der Waals surface area contributed by atoms with Gasteiger partial charge in [0.25, 0.3) is 0 Å². The van der Waals surface area contributed by atoms with Crippen molar-refractivity contribution in [3.05, 3.63) is 89.6 Å². The summed E-state index contributed by atoms with van der Waals surface area (Å²) in [5.74, 6) is -8.87. The molecule has 0 bridgehead atoms. The summed E-state index contributed by atoms with van der Waals surface area (Å²) in [7, 11) is 0. The summed E-state index contributed by atoms with van der Waals surface area (Å²) in [4.78, 5) is 104. The van der Waals surface area contributed by atoms with Crippen LogP contribution in [-0.2, 0) is 83.0 Å². The van der Waals surface area contributed by atoms with E-state index in [2.05, 4.69) is 0 Å². The molecule has 0 aromatic carbocycles. The third-order valence-electron chi connectivity index (χ3n) is 6.61. The third-order valence-corrected chi connectivity index (χ3v) is 10.1. The number of carbonyl (C=O) groups excluding carboxylic acids is 8. The van der Waals surface area contributed by atoms with Crippen molar-refractivity contribution in [2.75, 3.05) is 26.4 Å². The summed E-state index contributed by atoms with van der Waals surface area (Å²) >= 11 is 4.97. The molecule has 0 aliphatic rings. The van der Waals surface area contributed by atoms with Crippen LogP contribution in [0.3, 0.4) is 0 Å². The normalized spacial score (nSPS) is 10.9. The molecule has 12 nitrogen and oxygen atoms in total. The Hall–Kier alpha value is -4.64. The monoisotopic (exact) mass is 744 g/mol. The Kier molecular flexibility index (Phi) is 13.8. The smallest absolute Gasteiger partial charge is 0.375 e. The molecule has 0 atom stereocenters. The number of esters is 4. The van der Waals surface area contributed by atoms with Crippen molar-refractivity contribution in [2.24, 2.45) is 5.41 Å². The zero-order valence-corrected chi connectivity index (χ0v) is 28.9. The summed E-state index contributed by atoms with van der Waals surface area (Å²) in [6, 6.07) is 13.4. The van der Waals surface area contributed by atoms with E-state index in [0.29, 0.717) is 19.5 Å². The van der Waals surface area contributed by atoms with Gasteiger partial charge in [-0.2, -0.15) is 0 Å². The Balaban J connectivity index is 1.53. The van der Waals surface area contributed by atoms with Crippen molar-refractivity contribution >= 4 is 92.4 Å². The second kappa shape index (κ2) is 18.2. The molecule has 0 unspecified atom stereocenters. The first-order valence-electron chi connectivity index (χ1n) is 14.4. The number of Topliss-reactive ketones (excluding diaryl/α,β-unsaturated/α-hetero) is 4. The summed E-state index contributed by atoms with van der Waals surface area (Å²) < 4.78 is 21.0. The van der Waals surface area contributed by atoms with Crippen molar-refractivity contribution in [1.29, 1.82) is 0 Å². The second-order valence-corrected chi connectivity index (χ2v) is 14.7. The van der Waals surface area contributed by atoms with E-state index in [0.717, 1.165) is 0 Å². The molecule has 0 radical (unpaired) electrons. The molecule has 0 fully saturated rings.